The Labute approximate surface area is 166 Å². The Balaban J connectivity index is 0. The number of nitriles is 1. The normalized spacial score (nSPS) is 12.7. The Hall–Kier alpha value is -2.17. The number of aliphatic imine (C=N–C) groups is 1. The van der Waals surface area contributed by atoms with E-state index in [0.717, 1.165) is 17.4 Å². The second-order valence-electron chi connectivity index (χ2n) is 5.15. The number of rotatable bonds is 7. The molecule has 150 valence electrons. The summed E-state index contributed by atoms with van der Waals surface area (Å²) in [5, 5.41) is 14.2. The zero-order valence-corrected chi connectivity index (χ0v) is 17.8. The predicted molar refractivity (Wildman–Crippen MR) is 115 cm³/mol. The molecule has 0 amide bonds. The number of halogens is 1. The standard InChI is InChI=1S/C16H19FN2OS.C2H6N2.C2H6/c1-11(10-21-12(2)16(19-3)6-7-20)13-4-5-15(17)14(8-13)9-18;1-4-2-3;1-2/h4-5,7-8,10,12,16,19H,6H2,1-3H3;2H,1H3,(H2,3,4);1-2H3/b11-10+;;. The van der Waals surface area contributed by atoms with Crippen molar-refractivity contribution in [3.8, 4) is 6.07 Å². The molecule has 0 aliphatic rings. The van der Waals surface area contributed by atoms with Gasteiger partial charge in [0.1, 0.15) is 18.2 Å². The highest BCUT2D eigenvalue weighted by Gasteiger charge is 2.14. The first-order chi connectivity index (χ1) is 12.9. The van der Waals surface area contributed by atoms with Crippen LogP contribution in [0, 0.1) is 17.1 Å². The molecule has 0 aromatic heterocycles. The minimum Gasteiger partial charge on any atom is -0.390 e. The van der Waals surface area contributed by atoms with Gasteiger partial charge in [-0.1, -0.05) is 26.8 Å². The van der Waals surface area contributed by atoms with Crippen molar-refractivity contribution in [2.24, 2.45) is 10.7 Å². The smallest absolute Gasteiger partial charge is 0.140 e. The van der Waals surface area contributed by atoms with Crippen LogP contribution in [-0.2, 0) is 4.79 Å². The van der Waals surface area contributed by atoms with E-state index in [0.29, 0.717) is 6.42 Å². The summed E-state index contributed by atoms with van der Waals surface area (Å²) in [5.74, 6) is -0.503. The third-order valence-electron chi connectivity index (χ3n) is 3.44. The van der Waals surface area contributed by atoms with E-state index in [2.05, 4.69) is 10.3 Å². The van der Waals surface area contributed by atoms with Crippen molar-refractivity contribution in [2.45, 2.75) is 45.4 Å². The SMILES string of the molecule is CC.CN=CN.CNC(CC=O)C(C)S/C=C(\C)c1ccc(F)c(C#N)c1. The van der Waals surface area contributed by atoms with E-state index < -0.39 is 5.82 Å². The van der Waals surface area contributed by atoms with Crippen molar-refractivity contribution in [3.05, 3.63) is 40.6 Å². The number of hydrogen-bond acceptors (Lipinski definition) is 5. The number of nitrogens with one attached hydrogen (secondary N) is 1. The van der Waals surface area contributed by atoms with Crippen molar-refractivity contribution in [1.29, 1.82) is 5.26 Å². The quantitative estimate of drug-likeness (QED) is 0.414. The van der Waals surface area contributed by atoms with Gasteiger partial charge in [0.25, 0.3) is 0 Å². The molecule has 0 aliphatic heterocycles. The maximum atomic E-state index is 13.3. The first-order valence-electron chi connectivity index (χ1n) is 8.70. The molecule has 0 bridgehead atoms. The molecular weight excluding hydrogens is 363 g/mol. The van der Waals surface area contributed by atoms with Crippen molar-refractivity contribution in [1.82, 2.24) is 5.32 Å². The highest BCUT2D eigenvalue weighted by Crippen LogP contribution is 2.24. The van der Waals surface area contributed by atoms with E-state index in [9.17, 15) is 9.18 Å². The number of carbonyl (C=O) groups excluding carboxylic acids is 1. The molecule has 0 aliphatic carbocycles. The lowest BCUT2D eigenvalue weighted by atomic mass is 10.1. The van der Waals surface area contributed by atoms with E-state index in [4.69, 9.17) is 11.0 Å². The van der Waals surface area contributed by atoms with E-state index in [1.54, 1.807) is 30.9 Å². The molecule has 1 aromatic rings. The van der Waals surface area contributed by atoms with Gasteiger partial charge in [-0.05, 0) is 42.6 Å². The van der Waals surface area contributed by atoms with E-state index >= 15 is 0 Å². The van der Waals surface area contributed by atoms with Crippen LogP contribution in [0.25, 0.3) is 5.57 Å². The molecule has 0 saturated carbocycles. The highest BCUT2D eigenvalue weighted by atomic mass is 32.2. The number of allylic oxidation sites excluding steroid dienone is 1. The van der Waals surface area contributed by atoms with Gasteiger partial charge < -0.3 is 15.8 Å². The summed E-state index contributed by atoms with van der Waals surface area (Å²) >= 11 is 1.61. The fourth-order valence-electron chi connectivity index (χ4n) is 1.88. The monoisotopic (exact) mass is 394 g/mol. The maximum Gasteiger partial charge on any atom is 0.140 e. The van der Waals surface area contributed by atoms with Crippen molar-refractivity contribution in [2.75, 3.05) is 14.1 Å². The summed E-state index contributed by atoms with van der Waals surface area (Å²) in [6.07, 6.45) is 2.63. The molecule has 0 saturated heterocycles. The summed E-state index contributed by atoms with van der Waals surface area (Å²) in [6.45, 7) is 7.96. The molecule has 27 heavy (non-hydrogen) atoms. The number of nitrogens with two attached hydrogens (primary N) is 1. The largest absolute Gasteiger partial charge is 0.390 e. The molecule has 3 N–H and O–H groups in total. The number of aldehydes is 1. The van der Waals surface area contributed by atoms with E-state index in [-0.39, 0.29) is 16.9 Å². The molecule has 1 rings (SSSR count). The van der Waals surface area contributed by atoms with Gasteiger partial charge in [-0.2, -0.15) is 5.26 Å². The fourth-order valence-corrected chi connectivity index (χ4v) is 2.87. The second kappa shape index (κ2) is 17.3. The van der Waals surface area contributed by atoms with Crippen molar-refractivity contribution >= 4 is 30.0 Å². The highest BCUT2D eigenvalue weighted by molar-refractivity contribution is 8.02. The van der Waals surface area contributed by atoms with E-state index in [1.165, 1.54) is 12.4 Å². The Morgan fingerprint density at radius 1 is 1.48 bits per heavy atom. The summed E-state index contributed by atoms with van der Waals surface area (Å²) in [7, 11) is 3.46. The van der Waals surface area contributed by atoms with Crippen molar-refractivity contribution < 1.29 is 9.18 Å². The zero-order valence-electron chi connectivity index (χ0n) is 17.0. The first-order valence-corrected chi connectivity index (χ1v) is 9.64. The maximum absolute atomic E-state index is 13.3. The molecule has 2 unspecified atom stereocenters. The van der Waals surface area contributed by atoms with Crippen LogP contribution < -0.4 is 11.1 Å². The molecule has 0 radical (unpaired) electrons. The minimum atomic E-state index is -0.503. The molecule has 0 heterocycles. The van der Waals surface area contributed by atoms with Gasteiger partial charge >= 0.3 is 0 Å². The third kappa shape index (κ3) is 11.2. The fraction of sp³-hybridized carbons (Fsp3) is 0.450. The molecular formula is C20H31FN4OS. The Bertz CT molecular complexity index is 637. The van der Waals surface area contributed by atoms with Crippen LogP contribution >= 0.6 is 11.8 Å². The van der Waals surface area contributed by atoms with Crippen LogP contribution in [0.5, 0.6) is 0 Å². The topological polar surface area (TPSA) is 91.3 Å². The van der Waals surface area contributed by atoms with E-state index in [1.807, 2.05) is 46.2 Å². The lowest BCUT2D eigenvalue weighted by Crippen LogP contribution is -2.34. The Kier molecular flexibility index (Phi) is 17.3. The molecule has 1 aromatic carbocycles. The Morgan fingerprint density at radius 3 is 2.52 bits per heavy atom. The van der Waals surface area contributed by atoms with Crippen LogP contribution in [0.3, 0.4) is 0 Å². The van der Waals surface area contributed by atoms with Crippen LogP contribution in [0.15, 0.2) is 28.6 Å². The number of benzene rings is 1. The first kappa shape index (κ1) is 27.1. The van der Waals surface area contributed by atoms with Crippen LogP contribution in [0.1, 0.15) is 45.2 Å². The van der Waals surface area contributed by atoms with Gasteiger partial charge in [0.2, 0.25) is 0 Å². The number of nitrogens with zero attached hydrogens (tertiary/aromatic N) is 2. The average molecular weight is 395 g/mol. The lowest BCUT2D eigenvalue weighted by molar-refractivity contribution is -0.108. The molecule has 7 heteroatoms. The molecule has 0 fully saturated rings. The van der Waals surface area contributed by atoms with Gasteiger partial charge in [-0.15, -0.1) is 11.8 Å². The van der Waals surface area contributed by atoms with Gasteiger partial charge in [0, 0.05) is 24.8 Å². The third-order valence-corrected chi connectivity index (χ3v) is 4.69. The average Bonchev–Trinajstić information content (AvgIpc) is 2.71. The molecule has 0 spiro atoms. The zero-order chi connectivity index (χ0) is 21.2. The number of hydrogen-bond donors (Lipinski definition) is 2. The van der Waals surface area contributed by atoms with Gasteiger partial charge in [0.15, 0.2) is 0 Å². The van der Waals surface area contributed by atoms with Gasteiger partial charge in [-0.25, -0.2) is 4.39 Å². The van der Waals surface area contributed by atoms with Crippen LogP contribution in [0.2, 0.25) is 0 Å². The molecule has 2 atom stereocenters. The number of carbonyl (C=O) groups is 1. The summed E-state index contributed by atoms with van der Waals surface area (Å²) in [5.41, 5.74) is 6.57. The van der Waals surface area contributed by atoms with Crippen molar-refractivity contribution in [3.63, 3.8) is 0 Å². The van der Waals surface area contributed by atoms with Crippen LogP contribution in [-0.4, -0.2) is 38.0 Å². The minimum absolute atomic E-state index is 0.0485. The second-order valence-corrected chi connectivity index (χ2v) is 6.40. The summed E-state index contributed by atoms with van der Waals surface area (Å²) in [4.78, 5) is 14.0. The number of thioether (sulfide) groups is 1. The summed E-state index contributed by atoms with van der Waals surface area (Å²) < 4.78 is 13.3. The van der Waals surface area contributed by atoms with Crippen LogP contribution in [0.4, 0.5) is 4.39 Å². The van der Waals surface area contributed by atoms with Gasteiger partial charge in [-0.3, -0.25) is 4.99 Å². The molecule has 5 nitrogen and oxygen atoms in total. The summed E-state index contributed by atoms with van der Waals surface area (Å²) in [6, 6.07) is 6.47. The predicted octanol–water partition coefficient (Wildman–Crippen LogP) is 3.99. The Morgan fingerprint density at radius 2 is 2.07 bits per heavy atom. The lowest BCUT2D eigenvalue weighted by Gasteiger charge is -2.19. The van der Waals surface area contributed by atoms with Gasteiger partial charge in [0.05, 0.1) is 11.9 Å².